The number of fused-ring (bicyclic) bond motifs is 15. The van der Waals surface area contributed by atoms with Gasteiger partial charge in [-0.2, -0.15) is 10.5 Å². The van der Waals surface area contributed by atoms with Crippen molar-refractivity contribution in [3.8, 4) is 79.7 Å². The Labute approximate surface area is 597 Å². The third kappa shape index (κ3) is 9.59. The molecule has 0 saturated heterocycles. The molecule has 21 aromatic rings. The fourth-order valence-corrected chi connectivity index (χ4v) is 16.2. The van der Waals surface area contributed by atoms with Crippen LogP contribution in [-0.2, 0) is 0 Å². The molecule has 0 N–H and O–H groups in total. The van der Waals surface area contributed by atoms with Crippen LogP contribution in [0.3, 0.4) is 0 Å². The Morgan fingerprint density at radius 3 is 1.05 bits per heavy atom. The van der Waals surface area contributed by atoms with Gasteiger partial charge in [0.15, 0.2) is 0 Å². The van der Waals surface area contributed by atoms with Gasteiger partial charge in [-0.05, 0) is 154 Å². The molecule has 0 fully saturated rings. The second-order valence-corrected chi connectivity index (χ2v) is 26.6. The first-order chi connectivity index (χ1) is 51.5. The Kier molecular flexibility index (Phi) is 13.9. The van der Waals surface area contributed by atoms with Gasteiger partial charge in [0, 0.05) is 87.7 Å². The van der Waals surface area contributed by atoms with Crippen LogP contribution in [-0.4, -0.2) is 28.2 Å². The molecule has 0 spiro atoms. The number of benzene rings is 15. The molecule has 104 heavy (non-hydrogen) atoms. The summed E-state index contributed by atoms with van der Waals surface area (Å²) in [4.78, 5) is 9.80. The Balaban J connectivity index is 0.000000139. The van der Waals surface area contributed by atoms with Crippen molar-refractivity contribution in [3.63, 3.8) is 0 Å². The monoisotopic (exact) mass is 1320 g/mol. The molecular formula is C96H58N8. The highest BCUT2D eigenvalue weighted by molar-refractivity contribution is 6.19. The first-order valence-electron chi connectivity index (χ1n) is 35.0. The second-order valence-electron chi connectivity index (χ2n) is 26.6. The molecule has 482 valence electrons. The molecule has 8 nitrogen and oxygen atoms in total. The summed E-state index contributed by atoms with van der Waals surface area (Å²) >= 11 is 0. The number of nitriles is 2. The Morgan fingerprint density at radius 2 is 0.567 bits per heavy atom. The lowest BCUT2D eigenvalue weighted by Gasteiger charge is -2.12. The SMILES string of the molecule is N#Cc1cc(-c2ccc(-n3c4ccccc4c4c(-c5ccc6c7ccccc7n(-c7ccc8ccccc8c7)c6c5)cccc43)cc2)nc2ccccc12.N#Cc1cc(-c2ccc(-n3c4ccccc4c4c(-c5ccc6c7ccccc7n(-c7ccccc7)c6c5)cccc43)cc2)nc2ccccc12. The van der Waals surface area contributed by atoms with Gasteiger partial charge in [0.05, 0.1) is 89.8 Å². The van der Waals surface area contributed by atoms with Crippen molar-refractivity contribution in [1.82, 2.24) is 28.2 Å². The Hall–Kier alpha value is -14.4. The van der Waals surface area contributed by atoms with Gasteiger partial charge in [-0.3, -0.25) is 0 Å². The second kappa shape index (κ2) is 24.2. The van der Waals surface area contributed by atoms with E-state index in [-0.39, 0.29) is 0 Å². The smallest absolute Gasteiger partial charge is 0.0999 e. The minimum absolute atomic E-state index is 0.630. The topological polar surface area (TPSA) is 93.1 Å². The maximum atomic E-state index is 9.89. The molecule has 6 heterocycles. The molecule has 0 radical (unpaired) electrons. The van der Waals surface area contributed by atoms with Crippen LogP contribution in [0.5, 0.6) is 0 Å². The van der Waals surface area contributed by atoms with E-state index in [0.29, 0.717) is 11.1 Å². The van der Waals surface area contributed by atoms with Crippen molar-refractivity contribution < 1.29 is 0 Å². The molecule has 0 bridgehead atoms. The number of hydrogen-bond acceptors (Lipinski definition) is 4. The summed E-state index contributed by atoms with van der Waals surface area (Å²) in [5.41, 5.74) is 25.0. The van der Waals surface area contributed by atoms with Crippen LogP contribution in [0.1, 0.15) is 11.1 Å². The fourth-order valence-electron chi connectivity index (χ4n) is 16.2. The van der Waals surface area contributed by atoms with Gasteiger partial charge in [-0.15, -0.1) is 0 Å². The molecule has 6 aromatic heterocycles. The van der Waals surface area contributed by atoms with Crippen LogP contribution >= 0.6 is 0 Å². The van der Waals surface area contributed by atoms with E-state index in [1.54, 1.807) is 0 Å². The lowest BCUT2D eigenvalue weighted by molar-refractivity contribution is 1.18. The number of rotatable bonds is 8. The lowest BCUT2D eigenvalue weighted by Crippen LogP contribution is -1.95. The summed E-state index contributed by atoms with van der Waals surface area (Å²) in [6.45, 7) is 0. The standard InChI is InChI=1S/C50H30N4.C46H28N4/c51-31-36-29-45(52-44-16-6-3-12-39(36)44)33-21-24-37(25-22-33)53-47-18-8-5-14-43(47)50-40(15-9-19-48(50)53)35-23-27-42-41-13-4-7-17-46(41)54(49(42)30-35)38-26-20-32-10-1-2-11-34(32)28-38;47-29-32-27-41(48-40-17-7-4-13-35(32)40)30-21-24-34(25-22-30)49-43-19-9-6-15-39(43)46-36(16-10-20-44(46)49)31-23-26-38-37-14-5-8-18-42(37)50(45(38)28-31)33-11-2-1-3-12-33/h1-30H;1-28H. The van der Waals surface area contributed by atoms with E-state index in [0.717, 1.165) is 89.1 Å². The zero-order valence-corrected chi connectivity index (χ0v) is 56.1. The zero-order chi connectivity index (χ0) is 68.9. The van der Waals surface area contributed by atoms with Crippen molar-refractivity contribution in [2.75, 3.05) is 0 Å². The molecule has 0 amide bonds. The van der Waals surface area contributed by atoms with E-state index in [1.807, 2.05) is 60.7 Å². The van der Waals surface area contributed by atoms with Crippen LogP contribution in [0, 0.1) is 22.7 Å². The molecule has 0 aliphatic rings. The van der Waals surface area contributed by atoms with Crippen molar-refractivity contribution in [2.45, 2.75) is 0 Å². The average molecular weight is 1320 g/mol. The summed E-state index contributed by atoms with van der Waals surface area (Å²) in [5, 5.41) is 33.8. The van der Waals surface area contributed by atoms with E-state index in [2.05, 4.69) is 322 Å². The van der Waals surface area contributed by atoms with Crippen molar-refractivity contribution in [2.24, 2.45) is 0 Å². The van der Waals surface area contributed by atoms with Gasteiger partial charge in [0.1, 0.15) is 0 Å². The highest BCUT2D eigenvalue weighted by Crippen LogP contribution is 2.45. The van der Waals surface area contributed by atoms with Crippen molar-refractivity contribution in [1.29, 1.82) is 10.5 Å². The summed E-state index contributed by atoms with van der Waals surface area (Å²) in [6, 6.07) is 129. The van der Waals surface area contributed by atoms with E-state index in [9.17, 15) is 10.5 Å². The minimum Gasteiger partial charge on any atom is -0.309 e. The van der Waals surface area contributed by atoms with Crippen LogP contribution in [0.2, 0.25) is 0 Å². The fraction of sp³-hybridized carbons (Fsp3) is 0. The first-order valence-corrected chi connectivity index (χ1v) is 35.0. The Bertz CT molecular complexity index is 7180. The normalized spacial score (nSPS) is 11.6. The van der Waals surface area contributed by atoms with Crippen LogP contribution in [0.15, 0.2) is 352 Å². The van der Waals surface area contributed by atoms with Gasteiger partial charge in [0.2, 0.25) is 0 Å². The molecule has 0 saturated carbocycles. The number of hydrogen-bond donors (Lipinski definition) is 0. The number of nitrogens with zero attached hydrogens (tertiary/aromatic N) is 8. The maximum absolute atomic E-state index is 9.89. The molecule has 0 atom stereocenters. The summed E-state index contributed by atoms with van der Waals surface area (Å²) in [6.07, 6.45) is 0. The van der Waals surface area contributed by atoms with Crippen LogP contribution in [0.25, 0.3) is 187 Å². The molecular weight excluding hydrogens is 1270 g/mol. The van der Waals surface area contributed by atoms with Crippen LogP contribution < -0.4 is 0 Å². The van der Waals surface area contributed by atoms with E-state index >= 15 is 0 Å². The van der Waals surface area contributed by atoms with Crippen molar-refractivity contribution >= 4 is 120 Å². The number of aromatic nitrogens is 6. The zero-order valence-electron chi connectivity index (χ0n) is 56.1. The number of para-hydroxylation sites is 7. The lowest BCUT2D eigenvalue weighted by atomic mass is 9.98. The quantitative estimate of drug-likeness (QED) is 0.151. The van der Waals surface area contributed by atoms with E-state index in [4.69, 9.17) is 9.97 Å². The van der Waals surface area contributed by atoms with Gasteiger partial charge in [-0.1, -0.05) is 231 Å². The first kappa shape index (κ1) is 59.6. The van der Waals surface area contributed by atoms with E-state index < -0.39 is 0 Å². The molecule has 21 rings (SSSR count). The third-order valence-corrected chi connectivity index (χ3v) is 20.9. The third-order valence-electron chi connectivity index (χ3n) is 20.9. The highest BCUT2D eigenvalue weighted by Gasteiger charge is 2.22. The number of pyridine rings is 2. The van der Waals surface area contributed by atoms with Gasteiger partial charge in [-0.25, -0.2) is 9.97 Å². The molecule has 0 unspecified atom stereocenters. The predicted octanol–water partition coefficient (Wildman–Crippen LogP) is 24.4. The van der Waals surface area contributed by atoms with E-state index in [1.165, 1.54) is 98.2 Å². The molecule has 0 aliphatic carbocycles. The largest absolute Gasteiger partial charge is 0.309 e. The Morgan fingerprint density at radius 1 is 0.221 bits per heavy atom. The summed E-state index contributed by atoms with van der Waals surface area (Å²) in [5.74, 6) is 0. The van der Waals surface area contributed by atoms with Gasteiger partial charge >= 0.3 is 0 Å². The van der Waals surface area contributed by atoms with Crippen LogP contribution in [0.4, 0.5) is 0 Å². The highest BCUT2D eigenvalue weighted by atomic mass is 15.0. The van der Waals surface area contributed by atoms with Gasteiger partial charge < -0.3 is 18.3 Å². The molecule has 0 aliphatic heterocycles. The summed E-state index contributed by atoms with van der Waals surface area (Å²) < 4.78 is 9.50. The maximum Gasteiger partial charge on any atom is 0.0999 e. The summed E-state index contributed by atoms with van der Waals surface area (Å²) in [7, 11) is 0. The predicted molar refractivity (Wildman–Crippen MR) is 430 cm³/mol. The molecule has 8 heteroatoms. The van der Waals surface area contributed by atoms with Crippen molar-refractivity contribution in [3.05, 3.63) is 363 Å². The average Bonchev–Trinajstić information content (AvgIpc) is 1.58. The molecule has 15 aromatic carbocycles. The minimum atomic E-state index is 0.630. The van der Waals surface area contributed by atoms with Gasteiger partial charge in [0.25, 0.3) is 0 Å².